The van der Waals surface area contributed by atoms with Crippen LogP contribution in [-0.2, 0) is 6.54 Å². The molecule has 0 amide bonds. The first-order valence-corrected chi connectivity index (χ1v) is 7.71. The summed E-state index contributed by atoms with van der Waals surface area (Å²) in [7, 11) is 0. The molecule has 3 rings (SSSR count). The Labute approximate surface area is 122 Å². The van der Waals surface area contributed by atoms with Gasteiger partial charge in [-0.25, -0.2) is 0 Å². The molecule has 0 radical (unpaired) electrons. The van der Waals surface area contributed by atoms with Gasteiger partial charge in [-0.15, -0.1) is 0 Å². The summed E-state index contributed by atoms with van der Waals surface area (Å²) in [5.74, 6) is 0.901. The maximum Gasteiger partial charge on any atom is 0.0208 e. The molecule has 0 bridgehead atoms. The van der Waals surface area contributed by atoms with Crippen molar-refractivity contribution in [1.29, 1.82) is 0 Å². The molecule has 1 unspecified atom stereocenters. The van der Waals surface area contributed by atoms with E-state index in [4.69, 9.17) is 0 Å². The predicted octanol–water partition coefficient (Wildman–Crippen LogP) is 4.63. The number of hydrogen-bond acceptors (Lipinski definition) is 1. The molecule has 0 saturated heterocycles. The third kappa shape index (κ3) is 3.10. The molecule has 1 N–H and O–H groups in total. The molecule has 2 aromatic rings. The molecule has 2 aromatic carbocycles. The first-order valence-electron chi connectivity index (χ1n) is 7.71. The fraction of sp³-hybridized carbons (Fsp3) is 0.368. The van der Waals surface area contributed by atoms with Gasteiger partial charge in [-0.2, -0.15) is 0 Å². The van der Waals surface area contributed by atoms with Gasteiger partial charge in [-0.3, -0.25) is 0 Å². The molecule has 0 aromatic heterocycles. The highest BCUT2D eigenvalue weighted by atomic mass is 14.9. The molecule has 0 aliphatic heterocycles. The van der Waals surface area contributed by atoms with E-state index in [-0.39, 0.29) is 0 Å². The van der Waals surface area contributed by atoms with E-state index in [2.05, 4.69) is 66.8 Å². The fourth-order valence-corrected chi connectivity index (χ4v) is 2.83. The summed E-state index contributed by atoms with van der Waals surface area (Å²) in [5, 5.41) is 3.66. The normalized spacial score (nSPS) is 16.6. The van der Waals surface area contributed by atoms with Crippen LogP contribution in [0.1, 0.15) is 31.7 Å². The van der Waals surface area contributed by atoms with Gasteiger partial charge in [0.2, 0.25) is 0 Å². The SMILES string of the molecule is CC(NCc1ccc(-c2ccccc2)cc1)C1CCC1. The molecule has 20 heavy (non-hydrogen) atoms. The molecule has 1 aliphatic rings. The minimum absolute atomic E-state index is 0.651. The molecule has 0 spiro atoms. The Morgan fingerprint density at radius 2 is 1.60 bits per heavy atom. The van der Waals surface area contributed by atoms with Crippen LogP contribution >= 0.6 is 0 Å². The van der Waals surface area contributed by atoms with Crippen molar-refractivity contribution < 1.29 is 0 Å². The Morgan fingerprint density at radius 3 is 2.20 bits per heavy atom. The topological polar surface area (TPSA) is 12.0 Å². The number of hydrogen-bond donors (Lipinski definition) is 1. The summed E-state index contributed by atoms with van der Waals surface area (Å²) < 4.78 is 0. The molecule has 1 saturated carbocycles. The van der Waals surface area contributed by atoms with Crippen LogP contribution in [0.5, 0.6) is 0 Å². The van der Waals surface area contributed by atoms with Crippen molar-refractivity contribution in [3.63, 3.8) is 0 Å². The molecular weight excluding hydrogens is 242 g/mol. The van der Waals surface area contributed by atoms with Crippen LogP contribution in [0.25, 0.3) is 11.1 Å². The molecule has 0 heterocycles. The van der Waals surface area contributed by atoms with Crippen molar-refractivity contribution in [1.82, 2.24) is 5.32 Å². The maximum atomic E-state index is 3.66. The van der Waals surface area contributed by atoms with E-state index < -0.39 is 0 Å². The smallest absolute Gasteiger partial charge is 0.0208 e. The van der Waals surface area contributed by atoms with Gasteiger partial charge in [0, 0.05) is 12.6 Å². The second kappa shape index (κ2) is 6.23. The van der Waals surface area contributed by atoms with E-state index >= 15 is 0 Å². The van der Waals surface area contributed by atoms with Crippen molar-refractivity contribution in [3.05, 3.63) is 60.2 Å². The molecular formula is C19H23N. The van der Waals surface area contributed by atoms with Crippen molar-refractivity contribution >= 4 is 0 Å². The molecule has 1 atom stereocenters. The third-order valence-electron chi connectivity index (χ3n) is 4.55. The van der Waals surface area contributed by atoms with Gasteiger partial charge in [0.25, 0.3) is 0 Å². The standard InChI is InChI=1S/C19H23N/c1-15(17-8-5-9-17)20-14-16-10-12-19(13-11-16)18-6-3-2-4-7-18/h2-4,6-7,10-13,15,17,20H,5,8-9,14H2,1H3. The number of nitrogens with one attached hydrogen (secondary N) is 1. The Morgan fingerprint density at radius 1 is 0.950 bits per heavy atom. The Kier molecular flexibility index (Phi) is 4.17. The van der Waals surface area contributed by atoms with E-state index in [0.29, 0.717) is 6.04 Å². The Balaban J connectivity index is 1.58. The van der Waals surface area contributed by atoms with Gasteiger partial charge in [-0.05, 0) is 42.4 Å². The molecule has 1 heteroatoms. The highest BCUT2D eigenvalue weighted by molar-refractivity contribution is 5.63. The molecule has 104 valence electrons. The molecule has 1 nitrogen and oxygen atoms in total. The predicted molar refractivity (Wildman–Crippen MR) is 85.5 cm³/mol. The van der Waals surface area contributed by atoms with E-state index in [9.17, 15) is 0 Å². The van der Waals surface area contributed by atoms with Gasteiger partial charge in [-0.1, -0.05) is 61.0 Å². The zero-order valence-electron chi connectivity index (χ0n) is 12.2. The summed E-state index contributed by atoms with van der Waals surface area (Å²) in [4.78, 5) is 0. The van der Waals surface area contributed by atoms with Crippen LogP contribution < -0.4 is 5.32 Å². The number of rotatable bonds is 5. The number of benzene rings is 2. The summed E-state index contributed by atoms with van der Waals surface area (Å²) in [6, 6.07) is 20.1. The summed E-state index contributed by atoms with van der Waals surface area (Å²) in [5.41, 5.74) is 3.95. The van der Waals surface area contributed by atoms with Crippen molar-refractivity contribution in [3.8, 4) is 11.1 Å². The third-order valence-corrected chi connectivity index (χ3v) is 4.55. The van der Waals surface area contributed by atoms with Crippen LogP contribution in [0.15, 0.2) is 54.6 Å². The Bertz CT molecular complexity index is 525. The minimum atomic E-state index is 0.651. The quantitative estimate of drug-likeness (QED) is 0.831. The van der Waals surface area contributed by atoms with Crippen molar-refractivity contribution in [2.24, 2.45) is 5.92 Å². The van der Waals surface area contributed by atoms with Gasteiger partial charge in [0.05, 0.1) is 0 Å². The highest BCUT2D eigenvalue weighted by Gasteiger charge is 2.23. The zero-order chi connectivity index (χ0) is 13.8. The molecule has 1 aliphatic carbocycles. The van der Waals surface area contributed by atoms with Crippen LogP contribution in [0.2, 0.25) is 0 Å². The van der Waals surface area contributed by atoms with E-state index in [0.717, 1.165) is 12.5 Å². The second-order valence-electron chi connectivity index (χ2n) is 5.92. The maximum absolute atomic E-state index is 3.66. The average Bonchev–Trinajstić information content (AvgIpc) is 2.45. The van der Waals surface area contributed by atoms with Crippen LogP contribution in [0, 0.1) is 5.92 Å². The lowest BCUT2D eigenvalue weighted by Gasteiger charge is -2.32. The second-order valence-corrected chi connectivity index (χ2v) is 5.92. The van der Waals surface area contributed by atoms with Crippen LogP contribution in [-0.4, -0.2) is 6.04 Å². The lowest BCUT2D eigenvalue weighted by Crippen LogP contribution is -2.36. The largest absolute Gasteiger partial charge is 0.310 e. The van der Waals surface area contributed by atoms with Gasteiger partial charge in [0.15, 0.2) is 0 Å². The van der Waals surface area contributed by atoms with E-state index in [1.54, 1.807) is 0 Å². The molecule has 1 fully saturated rings. The van der Waals surface area contributed by atoms with E-state index in [1.807, 2.05) is 0 Å². The van der Waals surface area contributed by atoms with Gasteiger partial charge in [0.1, 0.15) is 0 Å². The van der Waals surface area contributed by atoms with Crippen LogP contribution in [0.4, 0.5) is 0 Å². The zero-order valence-corrected chi connectivity index (χ0v) is 12.2. The van der Waals surface area contributed by atoms with Gasteiger partial charge >= 0.3 is 0 Å². The monoisotopic (exact) mass is 265 g/mol. The first-order chi connectivity index (χ1) is 9.83. The first kappa shape index (κ1) is 13.4. The van der Waals surface area contributed by atoms with Crippen molar-refractivity contribution in [2.75, 3.05) is 0 Å². The average molecular weight is 265 g/mol. The fourth-order valence-electron chi connectivity index (χ4n) is 2.83. The summed E-state index contributed by atoms with van der Waals surface area (Å²) in [6.07, 6.45) is 4.23. The Hall–Kier alpha value is -1.60. The summed E-state index contributed by atoms with van der Waals surface area (Å²) >= 11 is 0. The lowest BCUT2D eigenvalue weighted by atomic mass is 9.80. The minimum Gasteiger partial charge on any atom is -0.310 e. The van der Waals surface area contributed by atoms with Crippen LogP contribution in [0.3, 0.4) is 0 Å². The van der Waals surface area contributed by atoms with Crippen molar-refractivity contribution in [2.45, 2.75) is 38.8 Å². The van der Waals surface area contributed by atoms with E-state index in [1.165, 1.54) is 36.0 Å². The lowest BCUT2D eigenvalue weighted by molar-refractivity contribution is 0.240. The highest BCUT2D eigenvalue weighted by Crippen LogP contribution is 2.29. The van der Waals surface area contributed by atoms with Gasteiger partial charge < -0.3 is 5.32 Å². The summed E-state index contributed by atoms with van der Waals surface area (Å²) in [6.45, 7) is 3.30.